The van der Waals surface area contributed by atoms with E-state index in [2.05, 4.69) is 10.2 Å². The molecule has 0 aliphatic carbocycles. The number of aliphatic hydroxyl groups excluding tert-OH is 1. The number of carboxylic acids is 1. The van der Waals surface area contributed by atoms with E-state index in [1.807, 2.05) is 6.92 Å². The minimum absolute atomic E-state index is 0.195. The Balaban J connectivity index is 2.57. The number of H-pyrrole nitrogens is 1. The lowest BCUT2D eigenvalue weighted by molar-refractivity contribution is -0.138. The highest BCUT2D eigenvalue weighted by atomic mass is 32.2. The van der Waals surface area contributed by atoms with Crippen molar-refractivity contribution < 1.29 is 15.0 Å². The van der Waals surface area contributed by atoms with Gasteiger partial charge < -0.3 is 10.2 Å². The molecule has 0 spiro atoms. The summed E-state index contributed by atoms with van der Waals surface area (Å²) in [5, 5.41) is 24.5. The van der Waals surface area contributed by atoms with Crippen LogP contribution >= 0.6 is 11.8 Å². The number of rotatable bonds is 7. The van der Waals surface area contributed by atoms with Gasteiger partial charge in [0.2, 0.25) is 0 Å². The zero-order valence-electron chi connectivity index (χ0n) is 9.42. The monoisotopic (exact) mass is 261 g/mol. The molecule has 0 aliphatic heterocycles. The molecular weight excluding hydrogens is 246 g/mol. The molecule has 0 fully saturated rings. The van der Waals surface area contributed by atoms with E-state index >= 15 is 0 Å². The van der Waals surface area contributed by atoms with Crippen LogP contribution in [0.2, 0.25) is 0 Å². The van der Waals surface area contributed by atoms with Crippen LogP contribution in [0.15, 0.2) is 9.95 Å². The summed E-state index contributed by atoms with van der Waals surface area (Å²) in [6, 6.07) is 0. The van der Waals surface area contributed by atoms with E-state index in [1.54, 1.807) is 0 Å². The molecule has 96 valence electrons. The van der Waals surface area contributed by atoms with Gasteiger partial charge in [-0.3, -0.25) is 9.36 Å². The fourth-order valence-electron chi connectivity index (χ4n) is 1.27. The predicted molar refractivity (Wildman–Crippen MR) is 62.1 cm³/mol. The van der Waals surface area contributed by atoms with Gasteiger partial charge in [-0.25, -0.2) is 9.89 Å². The Kier molecular flexibility index (Phi) is 5.23. The van der Waals surface area contributed by atoms with Crippen molar-refractivity contribution in [1.29, 1.82) is 0 Å². The minimum Gasteiger partial charge on any atom is -0.481 e. The van der Waals surface area contributed by atoms with Gasteiger partial charge in [0.1, 0.15) is 0 Å². The molecule has 7 nitrogen and oxygen atoms in total. The summed E-state index contributed by atoms with van der Waals surface area (Å²) in [6.45, 7) is 2.49. The van der Waals surface area contributed by atoms with Crippen LogP contribution in [0.5, 0.6) is 0 Å². The van der Waals surface area contributed by atoms with Gasteiger partial charge in [0.25, 0.3) is 0 Å². The van der Waals surface area contributed by atoms with Crippen molar-refractivity contribution in [3.05, 3.63) is 10.5 Å². The Labute approximate surface area is 102 Å². The maximum Gasteiger partial charge on any atom is 0.343 e. The predicted octanol–water partition coefficient (Wildman–Crippen LogP) is -0.0909. The zero-order chi connectivity index (χ0) is 12.8. The van der Waals surface area contributed by atoms with Crippen molar-refractivity contribution in [3.8, 4) is 0 Å². The summed E-state index contributed by atoms with van der Waals surface area (Å²) < 4.78 is 1.47. The molecule has 0 saturated carbocycles. The Hall–Kier alpha value is -1.28. The van der Waals surface area contributed by atoms with Crippen LogP contribution in [0.1, 0.15) is 19.8 Å². The lowest BCUT2D eigenvalue weighted by Gasteiger charge is -2.07. The highest BCUT2D eigenvalue weighted by molar-refractivity contribution is 7.99. The van der Waals surface area contributed by atoms with Gasteiger partial charge in [-0.05, 0) is 6.42 Å². The first kappa shape index (κ1) is 13.8. The number of carboxylic acid groups (broad SMARTS) is 1. The minimum atomic E-state index is -1.05. The van der Waals surface area contributed by atoms with Gasteiger partial charge in [0.05, 0.1) is 12.5 Å². The molecule has 1 aromatic rings. The van der Waals surface area contributed by atoms with Gasteiger partial charge in [-0.15, -0.1) is 5.10 Å². The molecule has 1 rings (SSSR count). The number of aromatic nitrogens is 3. The van der Waals surface area contributed by atoms with E-state index in [0.717, 1.165) is 6.42 Å². The number of aliphatic carboxylic acids is 1. The van der Waals surface area contributed by atoms with Crippen LogP contribution in [0.25, 0.3) is 0 Å². The molecule has 3 N–H and O–H groups in total. The normalized spacial score (nSPS) is 12.6. The van der Waals surface area contributed by atoms with E-state index in [4.69, 9.17) is 5.11 Å². The van der Waals surface area contributed by atoms with Gasteiger partial charge in [-0.1, -0.05) is 18.7 Å². The van der Waals surface area contributed by atoms with Crippen LogP contribution in [0, 0.1) is 0 Å². The SMILES string of the molecule is CCCn1c(SCC(O)CC(=O)O)n[nH]c1=O. The molecule has 0 aliphatic rings. The van der Waals surface area contributed by atoms with Crippen molar-refractivity contribution in [2.75, 3.05) is 5.75 Å². The first-order valence-electron chi connectivity index (χ1n) is 5.22. The van der Waals surface area contributed by atoms with E-state index in [9.17, 15) is 14.7 Å². The maximum absolute atomic E-state index is 11.3. The van der Waals surface area contributed by atoms with E-state index in [-0.39, 0.29) is 17.9 Å². The van der Waals surface area contributed by atoms with Gasteiger partial charge in [-0.2, -0.15) is 0 Å². The first-order valence-corrected chi connectivity index (χ1v) is 6.21. The molecule has 0 bridgehead atoms. The molecule has 1 unspecified atom stereocenters. The number of thioether (sulfide) groups is 1. The van der Waals surface area contributed by atoms with Gasteiger partial charge >= 0.3 is 11.7 Å². The number of aliphatic hydroxyl groups is 1. The van der Waals surface area contributed by atoms with E-state index in [1.165, 1.54) is 16.3 Å². The molecule has 17 heavy (non-hydrogen) atoms. The van der Waals surface area contributed by atoms with E-state index < -0.39 is 12.1 Å². The molecule has 1 aromatic heterocycles. The molecule has 1 heterocycles. The summed E-state index contributed by atoms with van der Waals surface area (Å²) in [4.78, 5) is 21.7. The molecule has 8 heteroatoms. The second-order valence-corrected chi connectivity index (χ2v) is 4.51. The fraction of sp³-hybridized carbons (Fsp3) is 0.667. The molecular formula is C9H15N3O4S. The van der Waals surface area contributed by atoms with Crippen LogP contribution in [-0.4, -0.2) is 42.8 Å². The summed E-state index contributed by atoms with van der Waals surface area (Å²) in [6.07, 6.45) is -0.459. The van der Waals surface area contributed by atoms with Crippen LogP contribution in [-0.2, 0) is 11.3 Å². The topological polar surface area (TPSA) is 108 Å². The number of hydrogen-bond donors (Lipinski definition) is 3. The smallest absolute Gasteiger partial charge is 0.343 e. The summed E-state index contributed by atoms with van der Waals surface area (Å²) in [7, 11) is 0. The van der Waals surface area contributed by atoms with Crippen molar-refractivity contribution in [1.82, 2.24) is 14.8 Å². The van der Waals surface area contributed by atoms with E-state index in [0.29, 0.717) is 11.7 Å². The van der Waals surface area contributed by atoms with Crippen molar-refractivity contribution >= 4 is 17.7 Å². The summed E-state index contributed by atoms with van der Waals surface area (Å²) >= 11 is 1.17. The standard InChI is InChI=1S/C9H15N3O4S/c1-2-3-12-8(16)10-11-9(12)17-5-6(13)4-7(14)15/h6,13H,2-5H2,1H3,(H,10,16)(H,14,15). The maximum atomic E-state index is 11.3. The quantitative estimate of drug-likeness (QED) is 0.592. The average Bonchev–Trinajstić information content (AvgIpc) is 2.57. The summed E-state index contributed by atoms with van der Waals surface area (Å²) in [5.74, 6) is -0.855. The third-order valence-electron chi connectivity index (χ3n) is 1.99. The lowest BCUT2D eigenvalue weighted by atomic mass is 10.3. The molecule has 1 atom stereocenters. The number of aromatic amines is 1. The third-order valence-corrected chi connectivity index (χ3v) is 3.11. The molecule has 0 radical (unpaired) electrons. The van der Waals surface area contributed by atoms with Gasteiger partial charge in [0, 0.05) is 12.3 Å². The first-order chi connectivity index (χ1) is 8.04. The molecule has 0 saturated heterocycles. The van der Waals surface area contributed by atoms with Crippen LogP contribution in [0.3, 0.4) is 0 Å². The second-order valence-electron chi connectivity index (χ2n) is 3.53. The Morgan fingerprint density at radius 3 is 2.94 bits per heavy atom. The Morgan fingerprint density at radius 2 is 2.35 bits per heavy atom. The number of nitrogens with zero attached hydrogens (tertiary/aromatic N) is 2. The van der Waals surface area contributed by atoms with Crippen LogP contribution < -0.4 is 5.69 Å². The highest BCUT2D eigenvalue weighted by Gasteiger charge is 2.13. The van der Waals surface area contributed by atoms with Crippen molar-refractivity contribution in [2.24, 2.45) is 0 Å². The number of carbonyl (C=O) groups is 1. The van der Waals surface area contributed by atoms with Gasteiger partial charge in [0.15, 0.2) is 5.16 Å². The largest absolute Gasteiger partial charge is 0.481 e. The Bertz CT molecular complexity index is 428. The summed E-state index contributed by atoms with van der Waals surface area (Å²) in [5.41, 5.74) is -0.290. The molecule has 0 amide bonds. The lowest BCUT2D eigenvalue weighted by Crippen LogP contribution is -2.19. The third kappa shape index (κ3) is 4.23. The van der Waals surface area contributed by atoms with Crippen molar-refractivity contribution in [2.45, 2.75) is 37.6 Å². The Morgan fingerprint density at radius 1 is 1.65 bits per heavy atom. The highest BCUT2D eigenvalue weighted by Crippen LogP contribution is 2.15. The number of hydrogen-bond acceptors (Lipinski definition) is 5. The molecule has 0 aromatic carbocycles. The fourth-order valence-corrected chi connectivity index (χ4v) is 2.16. The average molecular weight is 261 g/mol. The van der Waals surface area contributed by atoms with Crippen molar-refractivity contribution in [3.63, 3.8) is 0 Å². The zero-order valence-corrected chi connectivity index (χ0v) is 10.2. The number of nitrogens with one attached hydrogen (secondary N) is 1. The van der Waals surface area contributed by atoms with Crippen LogP contribution in [0.4, 0.5) is 0 Å². The second kappa shape index (κ2) is 6.45.